The number of hydrogen-bond acceptors (Lipinski definition) is 1. The highest BCUT2D eigenvalue weighted by Crippen LogP contribution is 2.42. The summed E-state index contributed by atoms with van der Waals surface area (Å²) in [5, 5.41) is 0. The molecule has 2 saturated heterocycles. The summed E-state index contributed by atoms with van der Waals surface area (Å²) in [5.41, 5.74) is 0.675. The van der Waals surface area contributed by atoms with Gasteiger partial charge in [0.1, 0.15) is 0 Å². The summed E-state index contributed by atoms with van der Waals surface area (Å²) in [7, 11) is 0. The van der Waals surface area contributed by atoms with E-state index in [0.717, 1.165) is 5.92 Å². The summed E-state index contributed by atoms with van der Waals surface area (Å²) < 4.78 is 0. The van der Waals surface area contributed by atoms with Crippen molar-refractivity contribution in [2.75, 3.05) is 13.1 Å². The second-order valence-corrected chi connectivity index (χ2v) is 5.70. The smallest absolute Gasteiger partial charge is 0.0210 e. The minimum absolute atomic E-state index is 0.675. The maximum Gasteiger partial charge on any atom is 0.0210 e. The SMILES string of the molecule is CC(C)CCCC12CCCN1CCC2. The molecule has 0 saturated carbocycles. The molecule has 0 spiro atoms. The lowest BCUT2D eigenvalue weighted by atomic mass is 9.87. The van der Waals surface area contributed by atoms with Gasteiger partial charge in [0.05, 0.1) is 0 Å². The predicted octanol–water partition coefficient (Wildman–Crippen LogP) is 3.44. The van der Waals surface area contributed by atoms with Crippen molar-refractivity contribution in [3.05, 3.63) is 0 Å². The standard InChI is InChI=1S/C13H25N/c1-12(2)6-3-7-13-8-4-10-14(13)11-5-9-13/h12H,3-11H2,1-2H3. The molecule has 2 rings (SSSR count). The van der Waals surface area contributed by atoms with Crippen molar-refractivity contribution in [3.63, 3.8) is 0 Å². The van der Waals surface area contributed by atoms with E-state index < -0.39 is 0 Å². The molecule has 2 fully saturated rings. The fourth-order valence-corrected chi connectivity index (χ4v) is 3.47. The quantitative estimate of drug-likeness (QED) is 0.664. The van der Waals surface area contributed by atoms with Crippen LogP contribution in [0.3, 0.4) is 0 Å². The highest BCUT2D eigenvalue weighted by Gasteiger charge is 2.43. The van der Waals surface area contributed by atoms with Crippen LogP contribution in [0.15, 0.2) is 0 Å². The summed E-state index contributed by atoms with van der Waals surface area (Å²) in [6.45, 7) is 7.47. The Balaban J connectivity index is 1.82. The van der Waals surface area contributed by atoms with Crippen molar-refractivity contribution < 1.29 is 0 Å². The molecule has 2 aliphatic heterocycles. The maximum atomic E-state index is 2.79. The lowest BCUT2D eigenvalue weighted by Gasteiger charge is -2.32. The van der Waals surface area contributed by atoms with E-state index in [1.54, 1.807) is 0 Å². The molecule has 0 aromatic carbocycles. The van der Waals surface area contributed by atoms with Gasteiger partial charge in [0.25, 0.3) is 0 Å². The van der Waals surface area contributed by atoms with Crippen molar-refractivity contribution in [3.8, 4) is 0 Å². The molecule has 0 radical (unpaired) electrons. The monoisotopic (exact) mass is 195 g/mol. The molecular formula is C13H25N. The fraction of sp³-hybridized carbons (Fsp3) is 1.00. The van der Waals surface area contributed by atoms with Crippen LogP contribution in [0.1, 0.15) is 58.8 Å². The molecule has 0 aromatic heterocycles. The van der Waals surface area contributed by atoms with Gasteiger partial charge in [-0.1, -0.05) is 26.7 Å². The first-order valence-electron chi connectivity index (χ1n) is 6.48. The van der Waals surface area contributed by atoms with E-state index in [1.807, 2.05) is 0 Å². The highest BCUT2D eigenvalue weighted by molar-refractivity contribution is 4.99. The van der Waals surface area contributed by atoms with Gasteiger partial charge >= 0.3 is 0 Å². The van der Waals surface area contributed by atoms with E-state index in [4.69, 9.17) is 0 Å². The van der Waals surface area contributed by atoms with Gasteiger partial charge in [-0.3, -0.25) is 4.90 Å². The number of fused-ring (bicyclic) bond motifs is 1. The molecule has 0 aliphatic carbocycles. The lowest BCUT2D eigenvalue weighted by Crippen LogP contribution is -2.37. The van der Waals surface area contributed by atoms with Crippen LogP contribution in [-0.2, 0) is 0 Å². The zero-order valence-electron chi connectivity index (χ0n) is 9.89. The zero-order chi connectivity index (χ0) is 10.0. The van der Waals surface area contributed by atoms with E-state index in [0.29, 0.717) is 5.54 Å². The molecule has 0 atom stereocenters. The van der Waals surface area contributed by atoms with Crippen LogP contribution in [0.4, 0.5) is 0 Å². The van der Waals surface area contributed by atoms with Gasteiger partial charge in [-0.25, -0.2) is 0 Å². The van der Waals surface area contributed by atoms with Gasteiger partial charge in [-0.05, 0) is 51.1 Å². The largest absolute Gasteiger partial charge is 0.298 e. The Morgan fingerprint density at radius 1 is 1.14 bits per heavy atom. The Hall–Kier alpha value is -0.0400. The van der Waals surface area contributed by atoms with Gasteiger partial charge in [-0.15, -0.1) is 0 Å². The molecule has 14 heavy (non-hydrogen) atoms. The first-order valence-corrected chi connectivity index (χ1v) is 6.48. The summed E-state index contributed by atoms with van der Waals surface area (Å²) >= 11 is 0. The Morgan fingerprint density at radius 3 is 2.36 bits per heavy atom. The lowest BCUT2D eigenvalue weighted by molar-refractivity contribution is 0.175. The molecule has 2 aliphatic rings. The van der Waals surface area contributed by atoms with E-state index in [9.17, 15) is 0 Å². The van der Waals surface area contributed by atoms with Crippen LogP contribution in [0.25, 0.3) is 0 Å². The zero-order valence-corrected chi connectivity index (χ0v) is 9.89. The van der Waals surface area contributed by atoms with Gasteiger partial charge < -0.3 is 0 Å². The topological polar surface area (TPSA) is 3.24 Å². The second kappa shape index (κ2) is 4.22. The third kappa shape index (κ3) is 1.98. The summed E-state index contributed by atoms with van der Waals surface area (Å²) in [6.07, 6.45) is 10.3. The summed E-state index contributed by atoms with van der Waals surface area (Å²) in [6, 6.07) is 0. The molecule has 0 aromatic rings. The van der Waals surface area contributed by atoms with Crippen molar-refractivity contribution in [1.29, 1.82) is 0 Å². The molecule has 0 unspecified atom stereocenters. The Bertz CT molecular complexity index is 176. The van der Waals surface area contributed by atoms with E-state index >= 15 is 0 Å². The number of rotatable bonds is 4. The van der Waals surface area contributed by atoms with Crippen molar-refractivity contribution in [2.45, 2.75) is 64.3 Å². The molecular weight excluding hydrogens is 170 g/mol. The number of hydrogen-bond donors (Lipinski definition) is 0. The first-order chi connectivity index (χ1) is 6.73. The minimum Gasteiger partial charge on any atom is -0.298 e. The Labute approximate surface area is 88.9 Å². The van der Waals surface area contributed by atoms with Crippen molar-refractivity contribution >= 4 is 0 Å². The molecule has 0 bridgehead atoms. The first kappa shape index (κ1) is 10.5. The van der Waals surface area contributed by atoms with E-state index in [2.05, 4.69) is 18.7 Å². The third-order valence-electron chi connectivity index (χ3n) is 4.23. The average molecular weight is 195 g/mol. The van der Waals surface area contributed by atoms with Crippen LogP contribution >= 0.6 is 0 Å². The van der Waals surface area contributed by atoms with Gasteiger partial charge in [0.15, 0.2) is 0 Å². The summed E-state index contributed by atoms with van der Waals surface area (Å²) in [4.78, 5) is 2.79. The molecule has 1 heteroatoms. The fourth-order valence-electron chi connectivity index (χ4n) is 3.47. The summed E-state index contributed by atoms with van der Waals surface area (Å²) in [5.74, 6) is 0.891. The second-order valence-electron chi connectivity index (χ2n) is 5.70. The van der Waals surface area contributed by atoms with Crippen molar-refractivity contribution in [1.82, 2.24) is 4.90 Å². The van der Waals surface area contributed by atoms with E-state index in [1.165, 1.54) is 58.0 Å². The van der Waals surface area contributed by atoms with Gasteiger partial charge in [-0.2, -0.15) is 0 Å². The maximum absolute atomic E-state index is 2.79. The van der Waals surface area contributed by atoms with Gasteiger partial charge in [0, 0.05) is 5.54 Å². The molecule has 82 valence electrons. The van der Waals surface area contributed by atoms with Crippen LogP contribution in [0, 0.1) is 5.92 Å². The molecule has 0 N–H and O–H groups in total. The minimum atomic E-state index is 0.675. The highest BCUT2D eigenvalue weighted by atomic mass is 15.2. The Morgan fingerprint density at radius 2 is 1.79 bits per heavy atom. The predicted molar refractivity (Wildman–Crippen MR) is 61.5 cm³/mol. The van der Waals surface area contributed by atoms with Crippen LogP contribution in [0.5, 0.6) is 0 Å². The van der Waals surface area contributed by atoms with E-state index in [-0.39, 0.29) is 0 Å². The molecule has 0 amide bonds. The normalized spacial score (nSPS) is 25.9. The third-order valence-corrected chi connectivity index (χ3v) is 4.23. The molecule has 2 heterocycles. The van der Waals surface area contributed by atoms with Crippen molar-refractivity contribution in [2.24, 2.45) is 5.92 Å². The average Bonchev–Trinajstić information content (AvgIpc) is 2.61. The number of nitrogens with zero attached hydrogens (tertiary/aromatic N) is 1. The van der Waals surface area contributed by atoms with Crippen LogP contribution in [-0.4, -0.2) is 23.5 Å². The Kier molecular flexibility index (Phi) is 3.16. The van der Waals surface area contributed by atoms with Crippen LogP contribution < -0.4 is 0 Å². The van der Waals surface area contributed by atoms with Crippen LogP contribution in [0.2, 0.25) is 0 Å². The molecule has 1 nitrogen and oxygen atoms in total. The van der Waals surface area contributed by atoms with Gasteiger partial charge in [0.2, 0.25) is 0 Å².